The van der Waals surface area contributed by atoms with Crippen LogP contribution in [-0.2, 0) is 11.0 Å². The van der Waals surface area contributed by atoms with Gasteiger partial charge in [0.1, 0.15) is 17.0 Å². The molecule has 2 N–H and O–H groups in total. The Kier molecular flexibility index (Phi) is 5.00. The van der Waals surface area contributed by atoms with Crippen molar-refractivity contribution >= 4 is 23.0 Å². The van der Waals surface area contributed by atoms with Crippen LogP contribution in [0.5, 0.6) is 5.75 Å². The van der Waals surface area contributed by atoms with E-state index in [-0.39, 0.29) is 5.75 Å². The predicted octanol–water partition coefficient (Wildman–Crippen LogP) is 3.87. The Labute approximate surface area is 149 Å². The van der Waals surface area contributed by atoms with Gasteiger partial charge in [0.05, 0.1) is 24.9 Å². The highest BCUT2D eigenvalue weighted by Gasteiger charge is 2.48. The first-order valence-corrected chi connectivity index (χ1v) is 7.21. The maximum atomic E-state index is 13.1. The molecule has 2 rings (SSSR count). The van der Waals surface area contributed by atoms with Gasteiger partial charge in [-0.15, -0.1) is 0 Å². The number of methoxy groups -OCH3 is 1. The standard InChI is InChI=1S/C15H12F6N4O2/c1-13(6-11(24-25-13)15(19,20)21)12(26)23-9-4-7(14(16,17)18)8(22-2)5-10(9)27-3/h4-5,25H,6H2,1,3H3,(H,23,26). The molecule has 1 aromatic carbocycles. The number of hydrogen-bond acceptors (Lipinski definition) is 4. The third kappa shape index (κ3) is 4.07. The third-order valence-electron chi connectivity index (χ3n) is 3.78. The topological polar surface area (TPSA) is 67.1 Å². The summed E-state index contributed by atoms with van der Waals surface area (Å²) in [6.07, 6.45) is -10.4. The number of ether oxygens (including phenoxy) is 1. The Hall–Kier alpha value is -2.97. The summed E-state index contributed by atoms with van der Waals surface area (Å²) in [7, 11) is 1.10. The van der Waals surface area contributed by atoms with Crippen molar-refractivity contribution in [2.24, 2.45) is 5.10 Å². The maximum absolute atomic E-state index is 13.1. The number of nitrogens with zero attached hydrogens (tertiary/aromatic N) is 2. The van der Waals surface area contributed by atoms with Crippen molar-refractivity contribution < 1.29 is 35.9 Å². The molecule has 0 saturated carbocycles. The molecular weight excluding hydrogens is 382 g/mol. The molecule has 1 amide bonds. The van der Waals surface area contributed by atoms with Gasteiger partial charge in [-0.05, 0) is 19.1 Å². The molecule has 146 valence electrons. The Morgan fingerprint density at radius 2 is 1.93 bits per heavy atom. The number of carbonyl (C=O) groups excluding carboxylic acids is 1. The number of halogens is 6. The molecule has 1 aliphatic heterocycles. The molecule has 0 radical (unpaired) electrons. The van der Waals surface area contributed by atoms with Gasteiger partial charge in [-0.1, -0.05) is 0 Å². The van der Waals surface area contributed by atoms with Crippen LogP contribution in [0.25, 0.3) is 4.85 Å². The molecule has 1 heterocycles. The minimum atomic E-state index is -4.88. The van der Waals surface area contributed by atoms with Crippen LogP contribution in [-0.4, -0.2) is 30.4 Å². The van der Waals surface area contributed by atoms with Crippen LogP contribution in [0.3, 0.4) is 0 Å². The normalized spacial score (nSPS) is 19.7. The molecule has 0 aliphatic carbocycles. The van der Waals surface area contributed by atoms with Crippen molar-refractivity contribution in [2.75, 3.05) is 12.4 Å². The quantitative estimate of drug-likeness (QED) is 0.604. The maximum Gasteiger partial charge on any atom is 0.431 e. The van der Waals surface area contributed by atoms with E-state index in [1.54, 1.807) is 0 Å². The molecular formula is C15H12F6N4O2. The third-order valence-corrected chi connectivity index (χ3v) is 3.78. The molecule has 0 aromatic heterocycles. The van der Waals surface area contributed by atoms with Crippen LogP contribution < -0.4 is 15.5 Å². The molecule has 27 heavy (non-hydrogen) atoms. The van der Waals surface area contributed by atoms with E-state index in [9.17, 15) is 31.1 Å². The lowest BCUT2D eigenvalue weighted by molar-refractivity contribution is -0.136. The molecule has 1 aromatic rings. The Morgan fingerprint density at radius 3 is 2.37 bits per heavy atom. The number of nitrogens with one attached hydrogen (secondary N) is 2. The lowest BCUT2D eigenvalue weighted by Gasteiger charge is -2.24. The van der Waals surface area contributed by atoms with Crippen molar-refractivity contribution in [1.29, 1.82) is 0 Å². The molecule has 1 unspecified atom stereocenters. The number of anilines is 1. The van der Waals surface area contributed by atoms with Crippen LogP contribution in [0.4, 0.5) is 37.7 Å². The van der Waals surface area contributed by atoms with Gasteiger partial charge < -0.3 is 10.1 Å². The summed E-state index contributed by atoms with van der Waals surface area (Å²) in [4.78, 5) is 15.2. The monoisotopic (exact) mass is 394 g/mol. The van der Waals surface area contributed by atoms with E-state index in [0.717, 1.165) is 20.1 Å². The first-order valence-electron chi connectivity index (χ1n) is 7.21. The Balaban J connectivity index is 2.35. The fraction of sp³-hybridized carbons (Fsp3) is 0.400. The molecule has 1 atom stereocenters. The van der Waals surface area contributed by atoms with E-state index in [2.05, 4.69) is 20.7 Å². The van der Waals surface area contributed by atoms with Gasteiger partial charge in [0.15, 0.2) is 0 Å². The van der Waals surface area contributed by atoms with E-state index in [4.69, 9.17) is 11.3 Å². The number of alkyl halides is 6. The van der Waals surface area contributed by atoms with Crippen molar-refractivity contribution in [3.05, 3.63) is 29.1 Å². The molecule has 0 bridgehead atoms. The van der Waals surface area contributed by atoms with Gasteiger partial charge in [-0.2, -0.15) is 31.4 Å². The van der Waals surface area contributed by atoms with Crippen molar-refractivity contribution in [3.63, 3.8) is 0 Å². The zero-order chi connectivity index (χ0) is 20.6. The lowest BCUT2D eigenvalue weighted by Crippen LogP contribution is -2.48. The van der Waals surface area contributed by atoms with Crippen molar-refractivity contribution in [1.82, 2.24) is 5.43 Å². The van der Waals surface area contributed by atoms with Crippen LogP contribution in [0, 0.1) is 6.57 Å². The van der Waals surface area contributed by atoms with Gasteiger partial charge in [-0.25, -0.2) is 4.85 Å². The average Bonchev–Trinajstić information content (AvgIpc) is 2.97. The highest BCUT2D eigenvalue weighted by molar-refractivity contribution is 6.05. The van der Waals surface area contributed by atoms with Crippen LogP contribution in [0.1, 0.15) is 18.9 Å². The van der Waals surface area contributed by atoms with Crippen LogP contribution in [0.2, 0.25) is 0 Å². The zero-order valence-electron chi connectivity index (χ0n) is 13.8. The highest BCUT2D eigenvalue weighted by atomic mass is 19.4. The summed E-state index contributed by atoms with van der Waals surface area (Å²) in [6, 6.07) is 1.28. The molecule has 12 heteroatoms. The number of benzene rings is 1. The highest BCUT2D eigenvalue weighted by Crippen LogP contribution is 2.42. The largest absolute Gasteiger partial charge is 0.496 e. The Bertz CT molecular complexity index is 840. The van der Waals surface area contributed by atoms with Crippen molar-refractivity contribution in [2.45, 2.75) is 31.2 Å². The SMILES string of the molecule is [C-]#[N+]c1cc(OC)c(NC(=O)C2(C)CC(C(F)(F)F)=NN2)cc1C(F)(F)F. The zero-order valence-corrected chi connectivity index (χ0v) is 13.8. The van der Waals surface area contributed by atoms with Crippen LogP contribution >= 0.6 is 0 Å². The second-order valence-electron chi connectivity index (χ2n) is 5.81. The first-order chi connectivity index (χ1) is 12.3. The summed E-state index contributed by atoms with van der Waals surface area (Å²) >= 11 is 0. The molecule has 0 fully saturated rings. The Morgan fingerprint density at radius 1 is 1.30 bits per heavy atom. The number of hydrazone groups is 1. The lowest BCUT2D eigenvalue weighted by atomic mass is 9.95. The van der Waals surface area contributed by atoms with Gasteiger partial charge >= 0.3 is 12.4 Å². The van der Waals surface area contributed by atoms with Crippen molar-refractivity contribution in [3.8, 4) is 5.75 Å². The minimum Gasteiger partial charge on any atom is -0.496 e. The van der Waals surface area contributed by atoms with E-state index < -0.39 is 52.9 Å². The van der Waals surface area contributed by atoms with Crippen LogP contribution in [0.15, 0.2) is 17.2 Å². The second kappa shape index (κ2) is 6.64. The fourth-order valence-electron chi connectivity index (χ4n) is 2.31. The minimum absolute atomic E-state index is 0.249. The van der Waals surface area contributed by atoms with E-state index in [1.165, 1.54) is 0 Å². The summed E-state index contributed by atoms with van der Waals surface area (Å²) in [5, 5.41) is 5.19. The number of amides is 1. The number of hydrogen-bond donors (Lipinski definition) is 2. The van der Waals surface area contributed by atoms with E-state index >= 15 is 0 Å². The van der Waals surface area contributed by atoms with Gasteiger partial charge in [0, 0.05) is 6.42 Å². The second-order valence-corrected chi connectivity index (χ2v) is 5.81. The smallest absolute Gasteiger partial charge is 0.431 e. The van der Waals surface area contributed by atoms with Gasteiger partial charge in [0.25, 0.3) is 5.91 Å². The summed E-state index contributed by atoms with van der Waals surface area (Å²) in [5.41, 5.74) is -3.48. The average molecular weight is 394 g/mol. The first kappa shape index (κ1) is 20.3. The van der Waals surface area contributed by atoms with E-state index in [0.29, 0.717) is 6.07 Å². The van der Waals surface area contributed by atoms with E-state index in [1.807, 2.05) is 0 Å². The van der Waals surface area contributed by atoms with Gasteiger partial charge in [-0.3, -0.25) is 10.2 Å². The summed E-state index contributed by atoms with van der Waals surface area (Å²) in [6.45, 7) is 7.97. The molecule has 6 nitrogen and oxygen atoms in total. The molecule has 1 aliphatic rings. The predicted molar refractivity (Wildman–Crippen MR) is 82.5 cm³/mol. The fourth-order valence-corrected chi connectivity index (χ4v) is 2.31. The van der Waals surface area contributed by atoms with Gasteiger partial charge in [0.2, 0.25) is 5.69 Å². The molecule has 0 spiro atoms. The number of rotatable bonds is 3. The molecule has 0 saturated heterocycles. The summed E-state index contributed by atoms with van der Waals surface area (Å²) in [5.74, 6) is -1.30. The summed E-state index contributed by atoms with van der Waals surface area (Å²) < 4.78 is 82.3. The number of carbonyl (C=O) groups is 1.